The maximum absolute atomic E-state index is 13.1. The molecule has 1 aliphatic carbocycles. The van der Waals surface area contributed by atoms with E-state index in [9.17, 15) is 4.79 Å². The van der Waals surface area contributed by atoms with Gasteiger partial charge in [-0.1, -0.05) is 43.5 Å². The summed E-state index contributed by atoms with van der Waals surface area (Å²) >= 11 is 0. The predicted molar refractivity (Wildman–Crippen MR) is 121 cm³/mol. The van der Waals surface area contributed by atoms with Crippen LogP contribution in [0.5, 0.6) is 0 Å². The van der Waals surface area contributed by atoms with Gasteiger partial charge in [0, 0.05) is 18.3 Å². The highest BCUT2D eigenvalue weighted by atomic mass is 16.1. The van der Waals surface area contributed by atoms with Crippen molar-refractivity contribution in [3.05, 3.63) is 65.5 Å². The molecule has 1 aromatic carbocycles. The van der Waals surface area contributed by atoms with Gasteiger partial charge in [-0.2, -0.15) is 0 Å². The number of piperidine rings is 1. The molecule has 2 heterocycles. The zero-order valence-electron chi connectivity index (χ0n) is 18.2. The second kappa shape index (κ2) is 10.2. The number of likely N-dealkylation sites (tertiary alicyclic amines) is 1. The lowest BCUT2D eigenvalue weighted by Crippen LogP contribution is -2.42. The number of nitrogens with zero attached hydrogens (tertiary/aromatic N) is 2. The van der Waals surface area contributed by atoms with Crippen LogP contribution in [0.3, 0.4) is 0 Å². The van der Waals surface area contributed by atoms with Gasteiger partial charge in [-0.25, -0.2) is 0 Å². The van der Waals surface area contributed by atoms with E-state index in [1.165, 1.54) is 38.6 Å². The van der Waals surface area contributed by atoms with E-state index in [2.05, 4.69) is 21.3 Å². The Balaban J connectivity index is 1.42. The van der Waals surface area contributed by atoms with E-state index in [0.29, 0.717) is 5.92 Å². The first kappa shape index (κ1) is 21.0. The molecule has 1 saturated carbocycles. The van der Waals surface area contributed by atoms with Crippen LogP contribution in [-0.4, -0.2) is 35.4 Å². The maximum Gasteiger partial charge on any atom is 0.252 e. The molecule has 4 rings (SSSR count). The number of aryl methyl sites for hydroxylation is 1. The van der Waals surface area contributed by atoms with Crippen molar-refractivity contribution in [2.45, 2.75) is 57.9 Å². The smallest absolute Gasteiger partial charge is 0.252 e. The van der Waals surface area contributed by atoms with Gasteiger partial charge in [-0.15, -0.1) is 0 Å². The minimum Gasteiger partial charge on any atom is -0.343 e. The third-order valence-corrected chi connectivity index (χ3v) is 7.03. The van der Waals surface area contributed by atoms with Gasteiger partial charge in [0.1, 0.15) is 0 Å². The number of amides is 1. The van der Waals surface area contributed by atoms with E-state index < -0.39 is 0 Å². The SMILES string of the molecule is Cc1ccccc1C(=O)N[C@H](c1ccccn1)C1CCN(CC2CCCCC2)CC1. The second-order valence-corrected chi connectivity index (χ2v) is 9.16. The van der Waals surface area contributed by atoms with Crippen LogP contribution in [-0.2, 0) is 0 Å². The molecule has 2 aliphatic rings. The summed E-state index contributed by atoms with van der Waals surface area (Å²) in [4.78, 5) is 20.3. The zero-order chi connectivity index (χ0) is 20.8. The van der Waals surface area contributed by atoms with Gasteiger partial charge < -0.3 is 10.2 Å². The van der Waals surface area contributed by atoms with Gasteiger partial charge >= 0.3 is 0 Å². The standard InChI is InChI=1S/C26H35N3O/c1-20-9-5-6-12-23(20)26(30)28-25(24-13-7-8-16-27-24)22-14-17-29(18-15-22)19-21-10-3-2-4-11-21/h5-9,12-13,16,21-22,25H,2-4,10-11,14-15,17-19H2,1H3,(H,28,30)/t25-/m0/s1. The highest BCUT2D eigenvalue weighted by molar-refractivity contribution is 5.95. The molecule has 2 aromatic rings. The monoisotopic (exact) mass is 405 g/mol. The van der Waals surface area contributed by atoms with Crippen molar-refractivity contribution < 1.29 is 4.79 Å². The number of hydrogen-bond donors (Lipinski definition) is 1. The van der Waals surface area contributed by atoms with Gasteiger partial charge in [0.25, 0.3) is 5.91 Å². The lowest BCUT2D eigenvalue weighted by atomic mass is 9.85. The van der Waals surface area contributed by atoms with Crippen molar-refractivity contribution in [2.24, 2.45) is 11.8 Å². The predicted octanol–water partition coefficient (Wildman–Crippen LogP) is 5.15. The molecule has 1 saturated heterocycles. The number of carbonyl (C=O) groups is 1. The number of carbonyl (C=O) groups excluding carboxylic acids is 1. The molecular weight excluding hydrogens is 370 g/mol. The highest BCUT2D eigenvalue weighted by Crippen LogP contribution is 2.32. The van der Waals surface area contributed by atoms with E-state index in [-0.39, 0.29) is 11.9 Å². The number of nitrogens with one attached hydrogen (secondary N) is 1. The molecule has 4 heteroatoms. The molecule has 1 atom stereocenters. The molecule has 0 bridgehead atoms. The van der Waals surface area contributed by atoms with E-state index in [1.54, 1.807) is 0 Å². The fraction of sp³-hybridized carbons (Fsp3) is 0.538. The largest absolute Gasteiger partial charge is 0.343 e. The topological polar surface area (TPSA) is 45.2 Å². The second-order valence-electron chi connectivity index (χ2n) is 9.16. The summed E-state index contributed by atoms with van der Waals surface area (Å²) in [6.07, 6.45) is 11.1. The van der Waals surface area contributed by atoms with E-state index in [0.717, 1.165) is 48.7 Å². The third kappa shape index (κ3) is 5.28. The summed E-state index contributed by atoms with van der Waals surface area (Å²) < 4.78 is 0. The maximum atomic E-state index is 13.1. The molecule has 1 amide bonds. The van der Waals surface area contributed by atoms with Crippen LogP contribution in [0.4, 0.5) is 0 Å². The lowest BCUT2D eigenvalue weighted by molar-refractivity contribution is 0.0877. The highest BCUT2D eigenvalue weighted by Gasteiger charge is 2.31. The quantitative estimate of drug-likeness (QED) is 0.722. The Hall–Kier alpha value is -2.20. The van der Waals surface area contributed by atoms with Crippen molar-refractivity contribution in [1.82, 2.24) is 15.2 Å². The van der Waals surface area contributed by atoms with Gasteiger partial charge in [0.15, 0.2) is 0 Å². The summed E-state index contributed by atoms with van der Waals surface area (Å²) in [5.41, 5.74) is 2.75. The number of pyridine rings is 1. The molecule has 0 radical (unpaired) electrons. The van der Waals surface area contributed by atoms with E-state index >= 15 is 0 Å². The fourth-order valence-electron chi connectivity index (χ4n) is 5.24. The first-order valence-corrected chi connectivity index (χ1v) is 11.7. The molecule has 4 nitrogen and oxygen atoms in total. The van der Waals surface area contributed by atoms with Crippen LogP contribution < -0.4 is 5.32 Å². The third-order valence-electron chi connectivity index (χ3n) is 7.03. The number of hydrogen-bond acceptors (Lipinski definition) is 3. The van der Waals surface area contributed by atoms with Crippen molar-refractivity contribution in [1.29, 1.82) is 0 Å². The minimum absolute atomic E-state index is 0.00777. The van der Waals surface area contributed by atoms with Crippen LogP contribution in [0.25, 0.3) is 0 Å². The van der Waals surface area contributed by atoms with Crippen LogP contribution in [0.2, 0.25) is 0 Å². The Bertz CT molecular complexity index is 808. The number of benzene rings is 1. The first-order valence-electron chi connectivity index (χ1n) is 11.7. The summed E-state index contributed by atoms with van der Waals surface area (Å²) in [7, 11) is 0. The van der Waals surface area contributed by atoms with Gasteiger partial charge in [0.2, 0.25) is 0 Å². The normalized spacial score (nSPS) is 20.0. The minimum atomic E-state index is -0.0323. The van der Waals surface area contributed by atoms with Gasteiger partial charge in [-0.3, -0.25) is 9.78 Å². The molecule has 160 valence electrons. The lowest BCUT2D eigenvalue weighted by Gasteiger charge is -2.38. The Labute approximate surface area is 181 Å². The van der Waals surface area contributed by atoms with Crippen molar-refractivity contribution >= 4 is 5.91 Å². The number of aromatic nitrogens is 1. The van der Waals surface area contributed by atoms with Crippen molar-refractivity contribution in [2.75, 3.05) is 19.6 Å². The number of rotatable bonds is 6. The molecule has 1 N–H and O–H groups in total. The van der Waals surface area contributed by atoms with Crippen molar-refractivity contribution in [3.63, 3.8) is 0 Å². The summed E-state index contributed by atoms with van der Waals surface area (Å²) in [6.45, 7) is 5.51. The van der Waals surface area contributed by atoms with E-state index in [1.807, 2.05) is 49.5 Å². The average molecular weight is 406 g/mol. The molecular formula is C26H35N3O. The molecule has 1 aromatic heterocycles. The first-order chi connectivity index (χ1) is 14.7. The molecule has 1 aliphatic heterocycles. The van der Waals surface area contributed by atoms with Crippen LogP contribution in [0, 0.1) is 18.8 Å². The molecule has 30 heavy (non-hydrogen) atoms. The van der Waals surface area contributed by atoms with Crippen LogP contribution >= 0.6 is 0 Å². The van der Waals surface area contributed by atoms with Gasteiger partial charge in [0.05, 0.1) is 11.7 Å². The zero-order valence-corrected chi connectivity index (χ0v) is 18.2. The van der Waals surface area contributed by atoms with Crippen LogP contribution in [0.15, 0.2) is 48.7 Å². The Morgan fingerprint density at radius 2 is 1.77 bits per heavy atom. The summed E-state index contributed by atoms with van der Waals surface area (Å²) in [5, 5.41) is 3.34. The Morgan fingerprint density at radius 3 is 2.47 bits per heavy atom. The van der Waals surface area contributed by atoms with E-state index in [4.69, 9.17) is 0 Å². The molecule has 2 fully saturated rings. The average Bonchev–Trinajstić information content (AvgIpc) is 2.79. The Kier molecular flexibility index (Phi) is 7.16. The summed E-state index contributed by atoms with van der Waals surface area (Å²) in [6, 6.07) is 13.8. The molecule has 0 unspecified atom stereocenters. The van der Waals surface area contributed by atoms with Gasteiger partial charge in [-0.05, 0) is 81.3 Å². The van der Waals surface area contributed by atoms with Crippen molar-refractivity contribution in [3.8, 4) is 0 Å². The fourth-order valence-corrected chi connectivity index (χ4v) is 5.24. The Morgan fingerprint density at radius 1 is 1.03 bits per heavy atom. The van der Waals surface area contributed by atoms with Crippen LogP contribution in [0.1, 0.15) is 72.6 Å². The summed E-state index contributed by atoms with van der Waals surface area (Å²) in [5.74, 6) is 1.33. The molecule has 0 spiro atoms.